The Morgan fingerprint density at radius 2 is 2.00 bits per heavy atom. The Labute approximate surface area is 165 Å². The van der Waals surface area contributed by atoms with Crippen molar-refractivity contribution >= 4 is 34.9 Å². The number of benzene rings is 2. The van der Waals surface area contributed by atoms with E-state index in [4.69, 9.17) is 16.9 Å². The second-order valence-corrected chi connectivity index (χ2v) is 7.24. The molecule has 2 heterocycles. The van der Waals surface area contributed by atoms with Crippen molar-refractivity contribution in [1.82, 2.24) is 9.47 Å². The summed E-state index contributed by atoms with van der Waals surface area (Å²) in [5.41, 5.74) is 3.14. The van der Waals surface area contributed by atoms with Gasteiger partial charge in [-0.05, 0) is 54.8 Å². The van der Waals surface area contributed by atoms with Crippen molar-refractivity contribution in [3.8, 4) is 6.07 Å². The summed E-state index contributed by atoms with van der Waals surface area (Å²) in [6, 6.07) is 18.3. The maximum absolute atomic E-state index is 9.03. The molecule has 1 aliphatic rings. The van der Waals surface area contributed by atoms with Crippen molar-refractivity contribution in [3.63, 3.8) is 0 Å². The van der Waals surface area contributed by atoms with Crippen LogP contribution in [0.15, 0.2) is 54.7 Å². The van der Waals surface area contributed by atoms with Crippen molar-refractivity contribution in [2.24, 2.45) is 5.92 Å². The lowest BCUT2D eigenvalue weighted by Crippen LogP contribution is -2.21. The number of halogens is 2. The fourth-order valence-corrected chi connectivity index (χ4v) is 3.98. The molecule has 26 heavy (non-hydrogen) atoms. The SMILES string of the molecule is Cl.N#Cc1ccc2c(ccn2CC2CCN(Cc3ccccc3Cl)C2)c1. The Balaban J connectivity index is 0.00000196. The zero-order chi connectivity index (χ0) is 17.2. The van der Waals surface area contributed by atoms with Gasteiger partial charge < -0.3 is 4.57 Å². The molecule has 0 saturated carbocycles. The van der Waals surface area contributed by atoms with Crippen molar-refractivity contribution in [2.75, 3.05) is 13.1 Å². The van der Waals surface area contributed by atoms with E-state index in [9.17, 15) is 0 Å². The summed E-state index contributed by atoms with van der Waals surface area (Å²) in [6.07, 6.45) is 3.35. The quantitative estimate of drug-likeness (QED) is 0.624. The first-order chi connectivity index (χ1) is 12.2. The number of nitrogens with zero attached hydrogens (tertiary/aromatic N) is 3. The Kier molecular flexibility index (Phi) is 5.88. The second-order valence-electron chi connectivity index (χ2n) is 6.83. The van der Waals surface area contributed by atoms with Crippen LogP contribution in [0, 0.1) is 17.2 Å². The zero-order valence-corrected chi connectivity index (χ0v) is 16.0. The van der Waals surface area contributed by atoms with E-state index in [2.05, 4.69) is 46.0 Å². The predicted octanol–water partition coefficient (Wildman–Crippen LogP) is 5.11. The number of aromatic nitrogens is 1. The van der Waals surface area contributed by atoms with E-state index in [0.29, 0.717) is 5.92 Å². The van der Waals surface area contributed by atoms with Crippen molar-refractivity contribution in [1.29, 1.82) is 5.26 Å². The van der Waals surface area contributed by atoms with Crippen LogP contribution < -0.4 is 0 Å². The van der Waals surface area contributed by atoms with Crippen LogP contribution in [0.2, 0.25) is 5.02 Å². The first-order valence-electron chi connectivity index (χ1n) is 8.67. The standard InChI is InChI=1S/C21H20ClN3.ClH/c22-20-4-2-1-3-19(20)15-24-9-7-17(13-24)14-25-10-8-18-11-16(12-23)5-6-21(18)25;/h1-6,8,10-11,17H,7,9,13-15H2;1H. The Bertz CT molecular complexity index is 942. The van der Waals surface area contributed by atoms with Gasteiger partial charge in [-0.1, -0.05) is 29.8 Å². The van der Waals surface area contributed by atoms with Gasteiger partial charge in [0.05, 0.1) is 11.6 Å². The van der Waals surface area contributed by atoms with Crippen LogP contribution in [0.5, 0.6) is 0 Å². The van der Waals surface area contributed by atoms with Gasteiger partial charge in [-0.3, -0.25) is 4.90 Å². The minimum absolute atomic E-state index is 0. The molecule has 1 saturated heterocycles. The predicted molar refractivity (Wildman–Crippen MR) is 109 cm³/mol. The molecule has 1 atom stereocenters. The van der Waals surface area contributed by atoms with Crippen LogP contribution in [0.4, 0.5) is 0 Å². The molecular formula is C21H21Cl2N3. The molecule has 1 aliphatic heterocycles. The number of fused-ring (bicyclic) bond motifs is 1. The minimum Gasteiger partial charge on any atom is -0.347 e. The molecule has 3 aromatic rings. The molecule has 0 radical (unpaired) electrons. The monoisotopic (exact) mass is 385 g/mol. The van der Waals surface area contributed by atoms with Gasteiger partial charge in [0, 0.05) is 41.8 Å². The molecular weight excluding hydrogens is 365 g/mol. The van der Waals surface area contributed by atoms with E-state index in [1.54, 1.807) is 0 Å². The lowest BCUT2D eigenvalue weighted by atomic mass is 10.1. The largest absolute Gasteiger partial charge is 0.347 e. The van der Waals surface area contributed by atoms with Gasteiger partial charge in [0.25, 0.3) is 0 Å². The summed E-state index contributed by atoms with van der Waals surface area (Å²) >= 11 is 6.29. The first-order valence-corrected chi connectivity index (χ1v) is 9.05. The molecule has 134 valence electrons. The fourth-order valence-electron chi connectivity index (χ4n) is 3.78. The normalized spacial score (nSPS) is 17.2. The van der Waals surface area contributed by atoms with Crippen molar-refractivity contribution in [2.45, 2.75) is 19.5 Å². The van der Waals surface area contributed by atoms with E-state index < -0.39 is 0 Å². The lowest BCUT2D eigenvalue weighted by molar-refractivity contribution is 0.310. The minimum atomic E-state index is 0. The highest BCUT2D eigenvalue weighted by Crippen LogP contribution is 2.25. The van der Waals surface area contributed by atoms with Crippen LogP contribution in [-0.2, 0) is 13.1 Å². The van der Waals surface area contributed by atoms with Gasteiger partial charge in [0.1, 0.15) is 0 Å². The third-order valence-corrected chi connectivity index (χ3v) is 5.45. The lowest BCUT2D eigenvalue weighted by Gasteiger charge is -2.17. The summed E-state index contributed by atoms with van der Waals surface area (Å²) in [5.74, 6) is 0.647. The molecule has 1 unspecified atom stereocenters. The number of likely N-dealkylation sites (tertiary alicyclic amines) is 1. The molecule has 1 fully saturated rings. The highest BCUT2D eigenvalue weighted by molar-refractivity contribution is 6.31. The molecule has 0 bridgehead atoms. The third-order valence-electron chi connectivity index (χ3n) is 5.08. The van der Waals surface area contributed by atoms with Crippen LogP contribution in [0.25, 0.3) is 10.9 Å². The fraction of sp³-hybridized carbons (Fsp3) is 0.286. The van der Waals surface area contributed by atoms with Gasteiger partial charge in [-0.25, -0.2) is 0 Å². The molecule has 3 nitrogen and oxygen atoms in total. The highest BCUT2D eigenvalue weighted by Gasteiger charge is 2.23. The average molecular weight is 386 g/mol. The molecule has 0 spiro atoms. The summed E-state index contributed by atoms with van der Waals surface area (Å²) < 4.78 is 2.32. The molecule has 4 rings (SSSR count). The number of hydrogen-bond acceptors (Lipinski definition) is 2. The number of rotatable bonds is 4. The van der Waals surface area contributed by atoms with E-state index >= 15 is 0 Å². The zero-order valence-electron chi connectivity index (χ0n) is 14.4. The summed E-state index contributed by atoms with van der Waals surface area (Å²) in [6.45, 7) is 4.16. The van der Waals surface area contributed by atoms with E-state index in [1.807, 2.05) is 24.3 Å². The molecule has 0 aliphatic carbocycles. The Hall–Kier alpha value is -1.99. The second kappa shape index (κ2) is 8.14. The molecule has 5 heteroatoms. The van der Waals surface area contributed by atoms with Crippen LogP contribution in [0.3, 0.4) is 0 Å². The summed E-state index contributed by atoms with van der Waals surface area (Å²) in [4.78, 5) is 2.49. The van der Waals surface area contributed by atoms with E-state index in [0.717, 1.165) is 42.2 Å². The number of hydrogen-bond donors (Lipinski definition) is 0. The highest BCUT2D eigenvalue weighted by atomic mass is 35.5. The van der Waals surface area contributed by atoms with Gasteiger partial charge in [0.2, 0.25) is 0 Å². The molecule has 0 amide bonds. The Morgan fingerprint density at radius 1 is 1.15 bits per heavy atom. The van der Waals surface area contributed by atoms with Gasteiger partial charge in [0.15, 0.2) is 0 Å². The molecule has 0 N–H and O–H groups in total. The maximum atomic E-state index is 9.03. The molecule has 1 aromatic heterocycles. The van der Waals surface area contributed by atoms with Crippen molar-refractivity contribution in [3.05, 3.63) is 70.9 Å². The topological polar surface area (TPSA) is 32.0 Å². The third kappa shape index (κ3) is 3.88. The van der Waals surface area contributed by atoms with Gasteiger partial charge in [-0.2, -0.15) is 5.26 Å². The number of nitriles is 1. The smallest absolute Gasteiger partial charge is 0.0991 e. The van der Waals surface area contributed by atoms with Crippen molar-refractivity contribution < 1.29 is 0 Å². The van der Waals surface area contributed by atoms with E-state index in [1.165, 1.54) is 17.5 Å². The van der Waals surface area contributed by atoms with Crippen LogP contribution in [-0.4, -0.2) is 22.6 Å². The van der Waals surface area contributed by atoms with Crippen LogP contribution in [0.1, 0.15) is 17.5 Å². The van der Waals surface area contributed by atoms with Gasteiger partial charge in [-0.15, -0.1) is 12.4 Å². The van der Waals surface area contributed by atoms with Crippen LogP contribution >= 0.6 is 24.0 Å². The maximum Gasteiger partial charge on any atom is 0.0991 e. The summed E-state index contributed by atoms with van der Waals surface area (Å²) in [5, 5.41) is 11.0. The Morgan fingerprint density at radius 3 is 2.81 bits per heavy atom. The van der Waals surface area contributed by atoms with E-state index in [-0.39, 0.29) is 12.4 Å². The molecule has 2 aromatic carbocycles. The average Bonchev–Trinajstić information content (AvgIpc) is 3.24. The van der Waals surface area contributed by atoms with Gasteiger partial charge >= 0.3 is 0 Å². The first kappa shape index (κ1) is 18.8. The summed E-state index contributed by atoms with van der Waals surface area (Å²) in [7, 11) is 0.